The third-order valence-electron chi connectivity index (χ3n) is 3.65. The van der Waals surface area contributed by atoms with Gasteiger partial charge in [-0.3, -0.25) is 4.79 Å². The summed E-state index contributed by atoms with van der Waals surface area (Å²) in [5.41, 5.74) is 0.288. The lowest BCUT2D eigenvalue weighted by molar-refractivity contribution is 0.0701. The fraction of sp³-hybridized carbons (Fsp3) is 0.571. The average molecular weight is 281 g/mol. The van der Waals surface area contributed by atoms with Gasteiger partial charge in [0, 0.05) is 13.1 Å². The molecule has 19 heavy (non-hydrogen) atoms. The van der Waals surface area contributed by atoms with Crippen LogP contribution in [0.3, 0.4) is 0 Å². The minimum atomic E-state index is -0.971. The van der Waals surface area contributed by atoms with Crippen LogP contribution in [0.1, 0.15) is 52.5 Å². The number of amides is 1. The van der Waals surface area contributed by atoms with Gasteiger partial charge in [0.2, 0.25) is 0 Å². The highest BCUT2D eigenvalue weighted by Gasteiger charge is 2.26. The monoisotopic (exact) mass is 281 g/mol. The lowest BCUT2D eigenvalue weighted by Crippen LogP contribution is -2.31. The predicted molar refractivity (Wildman–Crippen MR) is 74.8 cm³/mol. The zero-order valence-corrected chi connectivity index (χ0v) is 12.1. The van der Waals surface area contributed by atoms with Gasteiger partial charge in [0.15, 0.2) is 0 Å². The largest absolute Gasteiger partial charge is 0.477 e. The summed E-state index contributed by atoms with van der Waals surface area (Å²) in [7, 11) is 0. The van der Waals surface area contributed by atoms with Crippen LogP contribution < -0.4 is 0 Å². The molecule has 0 spiro atoms. The first kappa shape index (κ1) is 14.1. The number of hydrogen-bond acceptors (Lipinski definition) is 3. The Hall–Kier alpha value is -1.36. The summed E-state index contributed by atoms with van der Waals surface area (Å²) in [6.07, 6.45) is 3.13. The van der Waals surface area contributed by atoms with Gasteiger partial charge < -0.3 is 10.0 Å². The van der Waals surface area contributed by atoms with Gasteiger partial charge >= 0.3 is 5.97 Å². The van der Waals surface area contributed by atoms with Crippen LogP contribution in [0.2, 0.25) is 0 Å². The Bertz CT molecular complexity index is 493. The fourth-order valence-corrected chi connectivity index (χ4v) is 3.16. The molecular weight excluding hydrogens is 262 g/mol. The molecule has 0 aromatic carbocycles. The lowest BCUT2D eigenvalue weighted by Gasteiger charge is -2.23. The van der Waals surface area contributed by atoms with Crippen molar-refractivity contribution in [2.75, 3.05) is 13.1 Å². The molecule has 5 heteroatoms. The van der Waals surface area contributed by atoms with Crippen LogP contribution in [-0.2, 0) is 0 Å². The van der Waals surface area contributed by atoms with Gasteiger partial charge in [-0.25, -0.2) is 4.79 Å². The summed E-state index contributed by atoms with van der Waals surface area (Å²) in [5, 5.41) is 8.89. The van der Waals surface area contributed by atoms with Gasteiger partial charge in [-0.15, -0.1) is 11.3 Å². The molecule has 104 valence electrons. The summed E-state index contributed by atoms with van der Waals surface area (Å²) in [4.78, 5) is 25.8. The number of carboxylic acid groups (broad SMARTS) is 1. The van der Waals surface area contributed by atoms with E-state index in [0.29, 0.717) is 4.88 Å². The van der Waals surface area contributed by atoms with Crippen molar-refractivity contribution in [2.24, 2.45) is 5.41 Å². The van der Waals surface area contributed by atoms with Gasteiger partial charge in [-0.1, -0.05) is 13.8 Å². The molecule has 1 aliphatic rings. The molecule has 1 N–H and O–H groups in total. The quantitative estimate of drug-likeness (QED) is 0.906. The summed E-state index contributed by atoms with van der Waals surface area (Å²) < 4.78 is 0. The molecule has 1 fully saturated rings. The van der Waals surface area contributed by atoms with Crippen LogP contribution in [0, 0.1) is 5.41 Å². The highest BCUT2D eigenvalue weighted by molar-refractivity contribution is 7.15. The van der Waals surface area contributed by atoms with Crippen molar-refractivity contribution in [1.29, 1.82) is 0 Å². The number of likely N-dealkylation sites (tertiary alicyclic amines) is 1. The van der Waals surface area contributed by atoms with E-state index < -0.39 is 5.97 Å². The molecule has 0 unspecified atom stereocenters. The summed E-state index contributed by atoms with van der Waals surface area (Å²) >= 11 is 1.06. The molecular formula is C14H19NO3S. The van der Waals surface area contributed by atoms with Crippen molar-refractivity contribution in [3.05, 3.63) is 21.9 Å². The molecule has 0 radical (unpaired) electrons. The third-order valence-corrected chi connectivity index (χ3v) is 4.72. The van der Waals surface area contributed by atoms with Crippen LogP contribution in [0.25, 0.3) is 0 Å². The molecule has 2 rings (SSSR count). The summed E-state index contributed by atoms with van der Waals surface area (Å²) in [6, 6.07) is 3.12. The maximum absolute atomic E-state index is 12.3. The molecule has 1 amide bonds. The van der Waals surface area contributed by atoms with E-state index >= 15 is 0 Å². The van der Waals surface area contributed by atoms with Gasteiger partial charge in [-0.05, 0) is 36.8 Å². The second-order valence-electron chi connectivity index (χ2n) is 5.78. The standard InChI is InChI=1S/C14H19NO3S/c1-14(2)6-3-8-15(9-7-14)12(16)10-4-5-11(19-10)13(17)18/h4-5H,3,6-9H2,1-2H3,(H,17,18). The molecule has 1 saturated heterocycles. The van der Waals surface area contributed by atoms with Crippen molar-refractivity contribution < 1.29 is 14.7 Å². The van der Waals surface area contributed by atoms with Gasteiger partial charge in [0.05, 0.1) is 4.88 Å². The smallest absolute Gasteiger partial charge is 0.345 e. The Morgan fingerprint density at radius 3 is 2.53 bits per heavy atom. The molecule has 2 heterocycles. The first-order chi connectivity index (χ1) is 8.89. The van der Waals surface area contributed by atoms with Crippen LogP contribution in [0.15, 0.2) is 12.1 Å². The van der Waals surface area contributed by atoms with Crippen LogP contribution in [-0.4, -0.2) is 35.0 Å². The van der Waals surface area contributed by atoms with E-state index in [2.05, 4.69) is 13.8 Å². The van der Waals surface area contributed by atoms with E-state index in [4.69, 9.17) is 5.11 Å². The summed E-state index contributed by atoms with van der Waals surface area (Å²) in [6.45, 7) is 5.98. The van der Waals surface area contributed by atoms with Crippen molar-refractivity contribution in [3.63, 3.8) is 0 Å². The fourth-order valence-electron chi connectivity index (χ4n) is 2.35. The molecule has 0 saturated carbocycles. The molecule has 1 aliphatic heterocycles. The number of carbonyl (C=O) groups is 2. The predicted octanol–water partition coefficient (Wildman–Crippen LogP) is 3.10. The first-order valence-electron chi connectivity index (χ1n) is 6.51. The SMILES string of the molecule is CC1(C)CCCN(C(=O)c2ccc(C(=O)O)s2)CC1. The maximum Gasteiger partial charge on any atom is 0.345 e. The normalized spacial score (nSPS) is 18.9. The van der Waals surface area contributed by atoms with E-state index in [1.54, 1.807) is 6.07 Å². The highest BCUT2D eigenvalue weighted by Crippen LogP contribution is 2.30. The van der Waals surface area contributed by atoms with Gasteiger partial charge in [0.1, 0.15) is 4.88 Å². The van der Waals surface area contributed by atoms with Gasteiger partial charge in [-0.2, -0.15) is 0 Å². The van der Waals surface area contributed by atoms with Crippen LogP contribution >= 0.6 is 11.3 Å². The van der Waals surface area contributed by atoms with Crippen LogP contribution in [0.4, 0.5) is 0 Å². The molecule has 4 nitrogen and oxygen atoms in total. The minimum Gasteiger partial charge on any atom is -0.477 e. The molecule has 0 aliphatic carbocycles. The number of carbonyl (C=O) groups excluding carboxylic acids is 1. The number of hydrogen-bond donors (Lipinski definition) is 1. The molecule has 0 bridgehead atoms. The van der Waals surface area contributed by atoms with Crippen molar-refractivity contribution >= 4 is 23.2 Å². The zero-order valence-electron chi connectivity index (χ0n) is 11.3. The zero-order chi connectivity index (χ0) is 14.0. The average Bonchev–Trinajstić information content (AvgIpc) is 2.75. The Morgan fingerprint density at radius 1 is 1.21 bits per heavy atom. The van der Waals surface area contributed by atoms with E-state index in [9.17, 15) is 9.59 Å². The van der Waals surface area contributed by atoms with Crippen molar-refractivity contribution in [3.8, 4) is 0 Å². The second-order valence-corrected chi connectivity index (χ2v) is 6.86. The Kier molecular flexibility index (Phi) is 3.94. The topological polar surface area (TPSA) is 57.6 Å². The third kappa shape index (κ3) is 3.35. The number of nitrogens with zero attached hydrogens (tertiary/aromatic N) is 1. The minimum absolute atomic E-state index is 0.0322. The van der Waals surface area contributed by atoms with E-state index in [-0.39, 0.29) is 16.2 Å². The Morgan fingerprint density at radius 2 is 1.89 bits per heavy atom. The summed E-state index contributed by atoms with van der Waals surface area (Å²) in [5.74, 6) is -1.00. The first-order valence-corrected chi connectivity index (χ1v) is 7.33. The number of carboxylic acids is 1. The maximum atomic E-state index is 12.3. The van der Waals surface area contributed by atoms with E-state index in [1.807, 2.05) is 4.90 Å². The van der Waals surface area contributed by atoms with E-state index in [1.165, 1.54) is 6.07 Å². The number of aromatic carboxylic acids is 1. The van der Waals surface area contributed by atoms with Crippen molar-refractivity contribution in [2.45, 2.75) is 33.1 Å². The number of thiophene rings is 1. The highest BCUT2D eigenvalue weighted by atomic mass is 32.1. The Balaban J connectivity index is 2.08. The lowest BCUT2D eigenvalue weighted by atomic mass is 9.85. The molecule has 1 aromatic rings. The number of rotatable bonds is 2. The van der Waals surface area contributed by atoms with Crippen LogP contribution in [0.5, 0.6) is 0 Å². The van der Waals surface area contributed by atoms with Gasteiger partial charge in [0.25, 0.3) is 5.91 Å². The van der Waals surface area contributed by atoms with E-state index in [0.717, 1.165) is 43.7 Å². The second kappa shape index (κ2) is 5.33. The molecule has 0 atom stereocenters. The molecule has 1 aromatic heterocycles. The Labute approximate surface area is 117 Å². The van der Waals surface area contributed by atoms with Crippen molar-refractivity contribution in [1.82, 2.24) is 4.90 Å².